The fourth-order valence-electron chi connectivity index (χ4n) is 3.74. The van der Waals surface area contributed by atoms with Crippen LogP contribution in [0.15, 0.2) is 45.1 Å². The van der Waals surface area contributed by atoms with Crippen LogP contribution in [0.4, 0.5) is 4.39 Å². The zero-order valence-electron chi connectivity index (χ0n) is 18.0. The highest BCUT2D eigenvalue weighted by Gasteiger charge is 2.46. The van der Waals surface area contributed by atoms with Gasteiger partial charge in [0, 0.05) is 25.4 Å². The topological polar surface area (TPSA) is 108 Å². The van der Waals surface area contributed by atoms with E-state index in [-0.39, 0.29) is 16.8 Å². The van der Waals surface area contributed by atoms with E-state index in [9.17, 15) is 22.4 Å². The number of unbranched alkanes of at least 4 members (excludes halogenated alkanes) is 1. The van der Waals surface area contributed by atoms with E-state index in [1.807, 2.05) is 6.92 Å². The minimum atomic E-state index is -4.02. The summed E-state index contributed by atoms with van der Waals surface area (Å²) in [5.41, 5.74) is -1.03. The molecule has 0 bridgehead atoms. The van der Waals surface area contributed by atoms with Gasteiger partial charge in [-0.05, 0) is 37.5 Å². The molecule has 0 saturated heterocycles. The molecule has 0 unspecified atom stereocenters. The summed E-state index contributed by atoms with van der Waals surface area (Å²) in [6.45, 7) is 1.63. The molecule has 172 valence electrons. The molecule has 2 aromatic heterocycles. The molecule has 1 aromatic carbocycles. The second-order valence-corrected chi connectivity index (χ2v) is 10.1. The normalized spacial score (nSPS) is 15.3. The average molecular weight is 464 g/mol. The third kappa shape index (κ3) is 4.14. The quantitative estimate of drug-likeness (QED) is 0.518. The summed E-state index contributed by atoms with van der Waals surface area (Å²) in [6.07, 6.45) is 5.72. The van der Waals surface area contributed by atoms with E-state index in [0.717, 1.165) is 17.4 Å². The maximum Gasteiger partial charge on any atom is 0.331 e. The third-order valence-corrected chi connectivity index (χ3v) is 7.38. The highest BCUT2D eigenvalue weighted by molar-refractivity contribution is 7.89. The molecule has 9 nitrogen and oxygen atoms in total. The van der Waals surface area contributed by atoms with Gasteiger partial charge in [-0.3, -0.25) is 18.6 Å². The molecule has 1 fully saturated rings. The van der Waals surface area contributed by atoms with Crippen molar-refractivity contribution in [3.8, 4) is 0 Å². The summed E-state index contributed by atoms with van der Waals surface area (Å²) >= 11 is 0. The van der Waals surface area contributed by atoms with E-state index in [0.29, 0.717) is 30.5 Å². The maximum atomic E-state index is 13.3. The van der Waals surface area contributed by atoms with Crippen LogP contribution < -0.4 is 16.0 Å². The Bertz CT molecular complexity index is 1390. The Hall–Kier alpha value is -2.79. The van der Waals surface area contributed by atoms with E-state index in [4.69, 9.17) is 0 Å². The summed E-state index contributed by atoms with van der Waals surface area (Å²) in [7, 11) is -2.29. The van der Waals surface area contributed by atoms with Gasteiger partial charge in [-0.25, -0.2) is 22.3 Å². The van der Waals surface area contributed by atoms with Crippen LogP contribution in [0, 0.1) is 0 Å². The van der Waals surface area contributed by atoms with Gasteiger partial charge in [0.1, 0.15) is 6.67 Å². The van der Waals surface area contributed by atoms with Gasteiger partial charge in [0.15, 0.2) is 0 Å². The molecule has 0 amide bonds. The number of fused-ring (bicyclic) bond motifs is 1. The Labute approximate surface area is 184 Å². The lowest BCUT2D eigenvalue weighted by molar-refractivity contribution is 0.393. The van der Waals surface area contributed by atoms with Gasteiger partial charge in [0.25, 0.3) is 5.56 Å². The first-order valence-corrected chi connectivity index (χ1v) is 12.0. The summed E-state index contributed by atoms with van der Waals surface area (Å²) in [5, 5.41) is 4.20. The number of sulfonamides is 1. The van der Waals surface area contributed by atoms with Crippen LogP contribution in [-0.2, 0) is 30.2 Å². The number of rotatable bonds is 9. The summed E-state index contributed by atoms with van der Waals surface area (Å²) in [5.74, 6) is 0. The van der Waals surface area contributed by atoms with Gasteiger partial charge in [-0.2, -0.15) is 5.10 Å². The molecule has 2 heterocycles. The predicted molar refractivity (Wildman–Crippen MR) is 118 cm³/mol. The van der Waals surface area contributed by atoms with Gasteiger partial charge in [0.05, 0.1) is 34.1 Å². The first kappa shape index (κ1) is 22.4. The molecule has 1 saturated carbocycles. The zero-order valence-corrected chi connectivity index (χ0v) is 18.9. The number of aromatic nitrogens is 4. The Kier molecular flexibility index (Phi) is 5.80. The molecule has 1 aliphatic rings. The molecule has 3 aromatic rings. The first-order chi connectivity index (χ1) is 15.2. The second kappa shape index (κ2) is 8.28. The van der Waals surface area contributed by atoms with Gasteiger partial charge < -0.3 is 0 Å². The molecule has 0 spiro atoms. The largest absolute Gasteiger partial charge is 0.331 e. The average Bonchev–Trinajstić information content (AvgIpc) is 3.41. The molecular weight excluding hydrogens is 437 g/mol. The van der Waals surface area contributed by atoms with E-state index < -0.39 is 33.5 Å². The van der Waals surface area contributed by atoms with E-state index >= 15 is 0 Å². The lowest BCUT2D eigenvalue weighted by Gasteiger charge is -2.16. The number of hydrogen-bond donors (Lipinski definition) is 1. The highest BCUT2D eigenvalue weighted by atomic mass is 32.2. The maximum absolute atomic E-state index is 13.3. The summed E-state index contributed by atoms with van der Waals surface area (Å²) in [4.78, 5) is 26.3. The number of nitrogens with zero attached hydrogens (tertiary/aromatic N) is 4. The van der Waals surface area contributed by atoms with Crippen molar-refractivity contribution < 1.29 is 12.8 Å². The molecule has 1 aliphatic carbocycles. The first-order valence-electron chi connectivity index (χ1n) is 10.5. The van der Waals surface area contributed by atoms with Crippen molar-refractivity contribution in [2.45, 2.75) is 56.1 Å². The van der Waals surface area contributed by atoms with Crippen molar-refractivity contribution in [3.63, 3.8) is 0 Å². The predicted octanol–water partition coefficient (Wildman–Crippen LogP) is 1.53. The van der Waals surface area contributed by atoms with Crippen LogP contribution in [0.2, 0.25) is 0 Å². The van der Waals surface area contributed by atoms with Crippen LogP contribution in [-0.4, -0.2) is 39.5 Å². The Morgan fingerprint density at radius 3 is 2.56 bits per heavy atom. The van der Waals surface area contributed by atoms with Crippen LogP contribution >= 0.6 is 0 Å². The van der Waals surface area contributed by atoms with Crippen LogP contribution in [0.25, 0.3) is 10.9 Å². The molecule has 0 atom stereocenters. The van der Waals surface area contributed by atoms with E-state index in [2.05, 4.69) is 9.82 Å². The standard InChI is InChI=1S/C21H26FN5O4S/c1-3-4-9-26-18-6-5-16(32(30,31)24-21(14-22)7-8-21)10-17(18)19(28)27(20(26)29)13-15-11-23-25(2)12-15/h5-6,10-12,24H,3-4,7-9,13-14H2,1-2H3. The summed E-state index contributed by atoms with van der Waals surface area (Å²) in [6, 6.07) is 4.10. The van der Waals surface area contributed by atoms with Gasteiger partial charge >= 0.3 is 5.69 Å². The van der Waals surface area contributed by atoms with Gasteiger partial charge in [-0.15, -0.1) is 0 Å². The Morgan fingerprint density at radius 1 is 1.22 bits per heavy atom. The summed E-state index contributed by atoms with van der Waals surface area (Å²) < 4.78 is 45.5. The van der Waals surface area contributed by atoms with Crippen LogP contribution in [0.3, 0.4) is 0 Å². The molecule has 1 N–H and O–H groups in total. The van der Waals surface area contributed by atoms with Crippen molar-refractivity contribution in [2.75, 3.05) is 6.67 Å². The Morgan fingerprint density at radius 2 is 1.97 bits per heavy atom. The SMILES string of the molecule is CCCCn1c(=O)n(Cc2cnn(C)c2)c(=O)c2cc(S(=O)(=O)NC3(CF)CC3)ccc21. The molecule has 0 radical (unpaired) electrons. The second-order valence-electron chi connectivity index (χ2n) is 8.40. The highest BCUT2D eigenvalue weighted by Crippen LogP contribution is 2.37. The number of nitrogens with one attached hydrogen (secondary N) is 1. The number of aryl methyl sites for hydroxylation is 2. The zero-order chi connectivity index (χ0) is 23.1. The molecule has 32 heavy (non-hydrogen) atoms. The fourth-order valence-corrected chi connectivity index (χ4v) is 5.20. The molecule has 4 rings (SSSR count). The molecular formula is C21H26FN5O4S. The van der Waals surface area contributed by atoms with Crippen molar-refractivity contribution in [2.24, 2.45) is 7.05 Å². The van der Waals surface area contributed by atoms with Crippen molar-refractivity contribution in [3.05, 3.63) is 57.0 Å². The van der Waals surface area contributed by atoms with Crippen molar-refractivity contribution >= 4 is 20.9 Å². The number of halogens is 1. The van der Waals surface area contributed by atoms with Gasteiger partial charge in [-0.1, -0.05) is 13.3 Å². The van der Waals surface area contributed by atoms with Crippen LogP contribution in [0.1, 0.15) is 38.2 Å². The molecule has 11 heteroatoms. The van der Waals surface area contributed by atoms with Gasteiger partial charge in [0.2, 0.25) is 10.0 Å². The number of benzene rings is 1. The molecule has 0 aliphatic heterocycles. The van der Waals surface area contributed by atoms with Crippen molar-refractivity contribution in [1.29, 1.82) is 0 Å². The van der Waals surface area contributed by atoms with E-state index in [1.54, 1.807) is 24.1 Å². The van der Waals surface area contributed by atoms with Crippen molar-refractivity contribution in [1.82, 2.24) is 23.6 Å². The smallest absolute Gasteiger partial charge is 0.293 e. The number of hydrogen-bond acceptors (Lipinski definition) is 5. The fraction of sp³-hybridized carbons (Fsp3) is 0.476. The van der Waals surface area contributed by atoms with Crippen LogP contribution in [0.5, 0.6) is 0 Å². The third-order valence-electron chi connectivity index (χ3n) is 5.80. The Balaban J connectivity index is 1.87. The monoisotopic (exact) mass is 463 g/mol. The minimum Gasteiger partial charge on any atom is -0.293 e. The lowest BCUT2D eigenvalue weighted by Crippen LogP contribution is -2.41. The minimum absolute atomic E-state index is 0.0216. The number of alkyl halides is 1. The lowest BCUT2D eigenvalue weighted by atomic mass is 10.2. The van der Waals surface area contributed by atoms with E-state index in [1.165, 1.54) is 22.8 Å².